The Kier molecular flexibility index (Phi) is 5.25. The maximum absolute atomic E-state index is 12.9. The lowest BCUT2D eigenvalue weighted by Crippen LogP contribution is -2.28. The Morgan fingerprint density at radius 2 is 1.73 bits per heavy atom. The average Bonchev–Trinajstić information content (AvgIpc) is 3.63. The van der Waals surface area contributed by atoms with Crippen LogP contribution in [-0.4, -0.2) is 37.5 Å². The minimum Gasteiger partial charge on any atom is -0.439 e. The average molecular weight is 498 g/mol. The van der Waals surface area contributed by atoms with Gasteiger partial charge in [-0.2, -0.15) is 10.1 Å². The van der Waals surface area contributed by atoms with Crippen molar-refractivity contribution in [3.05, 3.63) is 87.9 Å². The predicted octanol–water partition coefficient (Wildman–Crippen LogP) is 4.33. The molecular formula is C27H23N5O5. The molecule has 4 unspecified atom stereocenters. The summed E-state index contributed by atoms with van der Waals surface area (Å²) in [5.41, 5.74) is 3.47. The molecule has 37 heavy (non-hydrogen) atoms. The van der Waals surface area contributed by atoms with Crippen LogP contribution in [0.2, 0.25) is 0 Å². The molecular weight excluding hydrogens is 474 g/mol. The second-order valence-electron chi connectivity index (χ2n) is 9.60. The standard InChI is InChI=1S/C27H23N5O5/c1-15-11-19(13-29-31-26(33)24-17-3-4-18(12-17)25(24)27(31)34)16(2)30(15)20-5-8-22(9-6-20)37-23-10-7-21(14-28-23)32(35)36/h3-11,13-14,17-18,24-25H,12H2,1-2H3. The second-order valence-corrected chi connectivity index (χ2v) is 9.60. The molecule has 3 aliphatic rings. The number of hydrazone groups is 1. The number of aromatic nitrogens is 2. The van der Waals surface area contributed by atoms with Crippen molar-refractivity contribution in [2.24, 2.45) is 28.8 Å². The van der Waals surface area contributed by atoms with Crippen LogP contribution in [0.15, 0.2) is 65.9 Å². The second kappa shape index (κ2) is 8.51. The number of carbonyl (C=O) groups is 2. The van der Waals surface area contributed by atoms with Gasteiger partial charge < -0.3 is 9.30 Å². The summed E-state index contributed by atoms with van der Waals surface area (Å²) in [5.74, 6) is 0.159. The highest BCUT2D eigenvalue weighted by atomic mass is 16.6. The molecule has 0 radical (unpaired) electrons. The summed E-state index contributed by atoms with van der Waals surface area (Å²) in [4.78, 5) is 40.0. The van der Waals surface area contributed by atoms with Crippen molar-refractivity contribution in [2.45, 2.75) is 20.3 Å². The number of fused-ring (bicyclic) bond motifs is 5. The first-order chi connectivity index (χ1) is 17.8. The smallest absolute Gasteiger partial charge is 0.287 e. The summed E-state index contributed by atoms with van der Waals surface area (Å²) in [6.45, 7) is 3.92. The molecule has 2 amide bonds. The number of amides is 2. The molecule has 2 aliphatic carbocycles. The number of nitrogens with zero attached hydrogens (tertiary/aromatic N) is 5. The Hall–Kier alpha value is -4.60. The van der Waals surface area contributed by atoms with Gasteiger partial charge in [0.25, 0.3) is 17.5 Å². The molecule has 10 nitrogen and oxygen atoms in total. The number of nitro groups is 1. The fraction of sp³-hybridized carbons (Fsp3) is 0.259. The van der Waals surface area contributed by atoms with Gasteiger partial charge in [0.1, 0.15) is 11.9 Å². The minimum absolute atomic E-state index is 0.106. The lowest BCUT2D eigenvalue weighted by atomic mass is 9.85. The quantitative estimate of drug-likeness (QED) is 0.164. The zero-order valence-electron chi connectivity index (χ0n) is 20.1. The van der Waals surface area contributed by atoms with E-state index < -0.39 is 4.92 Å². The Morgan fingerprint density at radius 1 is 1.05 bits per heavy atom. The number of benzene rings is 1. The molecule has 1 aromatic carbocycles. The lowest BCUT2D eigenvalue weighted by Gasteiger charge is -2.13. The van der Waals surface area contributed by atoms with E-state index in [2.05, 4.69) is 22.2 Å². The van der Waals surface area contributed by atoms with Gasteiger partial charge in [0.2, 0.25) is 5.88 Å². The predicted molar refractivity (Wildman–Crippen MR) is 133 cm³/mol. The van der Waals surface area contributed by atoms with Crippen LogP contribution in [0, 0.1) is 47.6 Å². The number of carbonyl (C=O) groups excluding carboxylic acids is 2. The van der Waals surface area contributed by atoms with E-state index in [1.165, 1.54) is 12.1 Å². The van der Waals surface area contributed by atoms with E-state index in [9.17, 15) is 19.7 Å². The summed E-state index contributed by atoms with van der Waals surface area (Å²) in [6.07, 6.45) is 7.76. The van der Waals surface area contributed by atoms with Gasteiger partial charge in [0.15, 0.2) is 0 Å². The third-order valence-electron chi connectivity index (χ3n) is 7.48. The Labute approximate surface area is 212 Å². The third-order valence-corrected chi connectivity index (χ3v) is 7.48. The molecule has 186 valence electrons. The van der Waals surface area contributed by atoms with Gasteiger partial charge in [-0.25, -0.2) is 4.98 Å². The van der Waals surface area contributed by atoms with Gasteiger partial charge in [0, 0.05) is 34.8 Å². The van der Waals surface area contributed by atoms with Crippen molar-refractivity contribution in [3.8, 4) is 17.3 Å². The van der Waals surface area contributed by atoms with Crippen molar-refractivity contribution in [1.82, 2.24) is 14.6 Å². The van der Waals surface area contributed by atoms with Crippen LogP contribution < -0.4 is 4.74 Å². The van der Waals surface area contributed by atoms with Crippen molar-refractivity contribution < 1.29 is 19.2 Å². The van der Waals surface area contributed by atoms with Crippen LogP contribution in [0.1, 0.15) is 23.4 Å². The van der Waals surface area contributed by atoms with E-state index in [0.29, 0.717) is 5.75 Å². The molecule has 3 aromatic rings. The van der Waals surface area contributed by atoms with Crippen molar-refractivity contribution >= 4 is 23.7 Å². The molecule has 1 saturated carbocycles. The van der Waals surface area contributed by atoms with Gasteiger partial charge in [-0.1, -0.05) is 12.2 Å². The van der Waals surface area contributed by atoms with E-state index in [0.717, 1.165) is 40.3 Å². The molecule has 2 aromatic heterocycles. The number of hydrogen-bond donors (Lipinski definition) is 0. The highest BCUT2D eigenvalue weighted by Crippen LogP contribution is 2.52. The summed E-state index contributed by atoms with van der Waals surface area (Å²) < 4.78 is 7.74. The lowest BCUT2D eigenvalue weighted by molar-refractivity contribution is -0.385. The number of allylic oxidation sites excluding steroid dienone is 2. The summed E-state index contributed by atoms with van der Waals surface area (Å²) >= 11 is 0. The Balaban J connectivity index is 1.19. The molecule has 1 saturated heterocycles. The SMILES string of the molecule is Cc1cc(C=NN2C(=O)C3C4C=CC(C4)C3C2=O)c(C)n1-c1ccc(Oc2ccc([N+](=O)[O-])cn2)cc1. The summed E-state index contributed by atoms with van der Waals surface area (Å²) in [6, 6.07) is 12.1. The van der Waals surface area contributed by atoms with E-state index in [-0.39, 0.29) is 47.1 Å². The molecule has 10 heteroatoms. The van der Waals surface area contributed by atoms with E-state index in [4.69, 9.17) is 4.74 Å². The summed E-state index contributed by atoms with van der Waals surface area (Å²) in [5, 5.41) is 16.2. The van der Waals surface area contributed by atoms with Gasteiger partial charge in [-0.15, -0.1) is 0 Å². The van der Waals surface area contributed by atoms with Crippen LogP contribution in [0.25, 0.3) is 5.69 Å². The highest BCUT2D eigenvalue weighted by Gasteiger charge is 2.59. The van der Waals surface area contributed by atoms with Crippen molar-refractivity contribution in [3.63, 3.8) is 0 Å². The zero-order chi connectivity index (χ0) is 25.8. The van der Waals surface area contributed by atoms with Crippen LogP contribution in [-0.2, 0) is 9.59 Å². The number of hydrogen-bond acceptors (Lipinski definition) is 7. The van der Waals surface area contributed by atoms with Crippen molar-refractivity contribution in [1.29, 1.82) is 0 Å². The van der Waals surface area contributed by atoms with Crippen LogP contribution in [0.4, 0.5) is 5.69 Å². The van der Waals surface area contributed by atoms with Crippen LogP contribution >= 0.6 is 0 Å². The van der Waals surface area contributed by atoms with Gasteiger partial charge >= 0.3 is 0 Å². The van der Waals surface area contributed by atoms with Gasteiger partial charge in [0.05, 0.1) is 23.0 Å². The Morgan fingerprint density at radius 3 is 2.32 bits per heavy atom. The van der Waals surface area contributed by atoms with Gasteiger partial charge in [-0.05, 0) is 62.4 Å². The Bertz CT molecular complexity index is 1460. The number of imide groups is 1. The normalized spacial score (nSPS) is 23.9. The largest absolute Gasteiger partial charge is 0.439 e. The number of pyridine rings is 1. The number of aryl methyl sites for hydroxylation is 1. The molecule has 4 atom stereocenters. The first kappa shape index (κ1) is 22.8. The monoisotopic (exact) mass is 497 g/mol. The van der Waals surface area contributed by atoms with E-state index in [1.54, 1.807) is 18.3 Å². The maximum atomic E-state index is 12.9. The fourth-order valence-corrected chi connectivity index (χ4v) is 5.76. The highest BCUT2D eigenvalue weighted by molar-refractivity contribution is 6.06. The summed E-state index contributed by atoms with van der Waals surface area (Å²) in [7, 11) is 0. The van der Waals surface area contributed by atoms with E-state index >= 15 is 0 Å². The molecule has 0 N–H and O–H groups in total. The molecule has 6 rings (SSSR count). The fourth-order valence-electron chi connectivity index (χ4n) is 5.76. The maximum Gasteiger partial charge on any atom is 0.287 e. The minimum atomic E-state index is -0.515. The van der Waals surface area contributed by atoms with Crippen LogP contribution in [0.5, 0.6) is 11.6 Å². The molecule has 0 spiro atoms. The van der Waals surface area contributed by atoms with Crippen molar-refractivity contribution in [2.75, 3.05) is 0 Å². The van der Waals surface area contributed by atoms with Crippen LogP contribution in [0.3, 0.4) is 0 Å². The molecule has 2 fully saturated rings. The molecule has 3 heterocycles. The third kappa shape index (κ3) is 3.72. The first-order valence-electron chi connectivity index (χ1n) is 12.0. The molecule has 2 bridgehead atoms. The van der Waals surface area contributed by atoms with Gasteiger partial charge in [-0.3, -0.25) is 19.7 Å². The molecule has 1 aliphatic heterocycles. The van der Waals surface area contributed by atoms with E-state index in [1.807, 2.05) is 36.6 Å². The topological polar surface area (TPSA) is 120 Å². The number of rotatable bonds is 6. The zero-order valence-corrected chi connectivity index (χ0v) is 20.1. The first-order valence-corrected chi connectivity index (χ1v) is 12.0. The number of ether oxygens (including phenoxy) is 1.